The second kappa shape index (κ2) is 16.2. The summed E-state index contributed by atoms with van der Waals surface area (Å²) in [5.41, 5.74) is 11.7. The van der Waals surface area contributed by atoms with E-state index in [0.717, 1.165) is 37.9 Å². The molecule has 1 saturated heterocycles. The van der Waals surface area contributed by atoms with Gasteiger partial charge in [0.05, 0.1) is 40.4 Å². The van der Waals surface area contributed by atoms with Crippen molar-refractivity contribution in [2.75, 3.05) is 16.8 Å². The number of nitrogen functional groups attached to an aromatic ring is 1. The van der Waals surface area contributed by atoms with Gasteiger partial charge in [-0.1, -0.05) is 84.6 Å². The fraction of sp³-hybridized carbons (Fsp3) is 0.270. The third-order valence-electron chi connectivity index (χ3n) is 8.07. The van der Waals surface area contributed by atoms with Gasteiger partial charge in [0.25, 0.3) is 0 Å². The number of nitrogens with two attached hydrogens (primary N) is 1. The van der Waals surface area contributed by atoms with E-state index < -0.39 is 6.29 Å². The van der Waals surface area contributed by atoms with Crippen molar-refractivity contribution in [1.29, 1.82) is 0 Å². The van der Waals surface area contributed by atoms with Gasteiger partial charge in [0.2, 0.25) is 11.8 Å². The van der Waals surface area contributed by atoms with E-state index in [1.807, 2.05) is 66.7 Å². The average molecular weight is 683 g/mol. The minimum Gasteiger partial charge on any atom is -0.397 e. The molecule has 2 heterocycles. The number of thioether (sulfide) groups is 1. The van der Waals surface area contributed by atoms with Gasteiger partial charge in [0.1, 0.15) is 0 Å². The van der Waals surface area contributed by atoms with E-state index in [1.54, 1.807) is 47.4 Å². The number of rotatable bonds is 13. The van der Waals surface area contributed by atoms with Crippen LogP contribution in [0.25, 0.3) is 10.2 Å². The normalized spacial score (nSPS) is 17.6. The van der Waals surface area contributed by atoms with Crippen molar-refractivity contribution in [2.24, 2.45) is 0 Å². The molecule has 48 heavy (non-hydrogen) atoms. The van der Waals surface area contributed by atoms with Crippen molar-refractivity contribution in [1.82, 2.24) is 10.3 Å². The van der Waals surface area contributed by atoms with Crippen LogP contribution in [0.3, 0.4) is 0 Å². The topological polar surface area (TPSA) is 136 Å². The highest BCUT2D eigenvalue weighted by molar-refractivity contribution is 8.01. The Bertz CT molecular complexity index is 1800. The SMILES string of the molecule is Nc1ccccc1NC(=O)CCCC(=O)NCc1ccc([C@@H]2O[C@H](CSc3nc4ccccc4s3)C[C@H](c3ccc(CO)cc3)O2)cc1. The fourth-order valence-electron chi connectivity index (χ4n) is 5.41. The lowest BCUT2D eigenvalue weighted by Gasteiger charge is -2.36. The predicted molar refractivity (Wildman–Crippen MR) is 190 cm³/mol. The maximum absolute atomic E-state index is 12.5. The zero-order valence-corrected chi connectivity index (χ0v) is 28.0. The molecule has 6 rings (SSSR count). The van der Waals surface area contributed by atoms with E-state index in [9.17, 15) is 14.7 Å². The van der Waals surface area contributed by atoms with Crippen molar-refractivity contribution in [3.63, 3.8) is 0 Å². The number of hydrogen-bond acceptors (Lipinski definition) is 9. The lowest BCUT2D eigenvalue weighted by atomic mass is 10.0. The second-order valence-corrected chi connectivity index (χ2v) is 13.9. The second-order valence-electron chi connectivity index (χ2n) is 11.6. The lowest BCUT2D eigenvalue weighted by Crippen LogP contribution is -2.31. The van der Waals surface area contributed by atoms with Gasteiger partial charge in [-0.05, 0) is 47.4 Å². The number of para-hydroxylation sites is 3. The van der Waals surface area contributed by atoms with Crippen LogP contribution < -0.4 is 16.4 Å². The Labute approximate surface area is 287 Å². The first-order valence-corrected chi connectivity index (χ1v) is 17.7. The summed E-state index contributed by atoms with van der Waals surface area (Å²) >= 11 is 3.39. The average Bonchev–Trinajstić information content (AvgIpc) is 3.54. The van der Waals surface area contributed by atoms with Crippen molar-refractivity contribution in [3.05, 3.63) is 119 Å². The van der Waals surface area contributed by atoms with E-state index in [-0.39, 0.29) is 43.5 Å². The molecule has 4 aromatic carbocycles. The van der Waals surface area contributed by atoms with Crippen molar-refractivity contribution < 1.29 is 24.2 Å². The minimum absolute atomic E-state index is 0.00633. The molecule has 248 valence electrons. The summed E-state index contributed by atoms with van der Waals surface area (Å²) in [6, 6.07) is 31.0. The van der Waals surface area contributed by atoms with Gasteiger partial charge in [0.15, 0.2) is 10.6 Å². The number of ether oxygens (including phenoxy) is 2. The standard InChI is InChI=1S/C37H38N4O5S2/c38-29-6-1-2-7-30(29)40-35(44)11-5-10-34(43)39-21-24-12-18-27(19-13-24)36-45-28(20-32(46-36)26-16-14-25(22-42)15-17-26)23-47-37-41-31-8-3-4-9-33(31)48-37/h1-4,6-9,12-19,28,32,36,42H,5,10-11,20-23,38H2,(H,39,43)(H,40,44)/t28-,32+,36+/m0/s1. The van der Waals surface area contributed by atoms with Crippen molar-refractivity contribution in [3.8, 4) is 0 Å². The van der Waals surface area contributed by atoms with Crippen LogP contribution in [0.2, 0.25) is 0 Å². The number of aliphatic hydroxyl groups excluding tert-OH is 1. The number of aromatic nitrogens is 1. The number of anilines is 2. The molecule has 1 aromatic heterocycles. The molecule has 1 fully saturated rings. The number of nitrogens with zero attached hydrogens (tertiary/aromatic N) is 1. The Hall–Kier alpha value is -4.26. The highest BCUT2D eigenvalue weighted by atomic mass is 32.2. The van der Waals surface area contributed by atoms with Crippen LogP contribution >= 0.6 is 23.1 Å². The molecule has 5 N–H and O–H groups in total. The first-order valence-electron chi connectivity index (χ1n) is 15.9. The monoisotopic (exact) mass is 682 g/mol. The number of carbonyl (C=O) groups is 2. The first kappa shape index (κ1) is 33.6. The minimum atomic E-state index is -0.566. The third-order valence-corrected chi connectivity index (χ3v) is 10.4. The number of aliphatic hydroxyl groups is 1. The number of benzene rings is 4. The van der Waals surface area contributed by atoms with Gasteiger partial charge in [-0.15, -0.1) is 11.3 Å². The van der Waals surface area contributed by atoms with E-state index >= 15 is 0 Å². The van der Waals surface area contributed by atoms with Crippen LogP contribution in [0.4, 0.5) is 11.4 Å². The molecule has 11 heteroatoms. The Balaban J connectivity index is 1.03. The summed E-state index contributed by atoms with van der Waals surface area (Å²) in [5, 5.41) is 15.2. The highest BCUT2D eigenvalue weighted by Crippen LogP contribution is 2.40. The third kappa shape index (κ3) is 9.00. The highest BCUT2D eigenvalue weighted by Gasteiger charge is 2.32. The largest absolute Gasteiger partial charge is 0.397 e. The maximum Gasteiger partial charge on any atom is 0.224 e. The molecule has 0 radical (unpaired) electrons. The quantitative estimate of drug-likeness (QED) is 0.0761. The summed E-state index contributed by atoms with van der Waals surface area (Å²) in [4.78, 5) is 29.5. The van der Waals surface area contributed by atoms with Crippen LogP contribution in [-0.4, -0.2) is 33.8 Å². The molecule has 1 aliphatic rings. The Morgan fingerprint density at radius 1 is 0.875 bits per heavy atom. The number of thiazole rings is 1. The zero-order valence-electron chi connectivity index (χ0n) is 26.3. The van der Waals surface area contributed by atoms with E-state index in [4.69, 9.17) is 20.2 Å². The number of nitrogens with one attached hydrogen (secondary N) is 2. The van der Waals surface area contributed by atoms with E-state index in [0.29, 0.717) is 30.8 Å². The molecular weight excluding hydrogens is 645 g/mol. The number of amides is 2. The number of carbonyl (C=O) groups excluding carboxylic acids is 2. The van der Waals surface area contributed by atoms with Crippen molar-refractivity contribution in [2.45, 2.75) is 61.7 Å². The van der Waals surface area contributed by atoms with Crippen LogP contribution in [-0.2, 0) is 32.2 Å². The van der Waals surface area contributed by atoms with Crippen LogP contribution in [0.5, 0.6) is 0 Å². The van der Waals surface area contributed by atoms with Crippen LogP contribution in [0.1, 0.15) is 60.3 Å². The summed E-state index contributed by atoms with van der Waals surface area (Å²) in [6.45, 7) is 0.368. The molecule has 5 aromatic rings. The Morgan fingerprint density at radius 3 is 2.35 bits per heavy atom. The first-order chi connectivity index (χ1) is 23.4. The zero-order chi connectivity index (χ0) is 33.3. The molecule has 1 aliphatic heterocycles. The maximum atomic E-state index is 12.5. The molecule has 0 saturated carbocycles. The summed E-state index contributed by atoms with van der Waals surface area (Å²) in [6.07, 6.45) is 0.781. The van der Waals surface area contributed by atoms with E-state index in [2.05, 4.69) is 16.7 Å². The Morgan fingerprint density at radius 2 is 1.58 bits per heavy atom. The molecule has 0 spiro atoms. The predicted octanol–water partition coefficient (Wildman–Crippen LogP) is 7.13. The molecule has 9 nitrogen and oxygen atoms in total. The smallest absolute Gasteiger partial charge is 0.224 e. The molecular formula is C37H38N4O5S2. The van der Waals surface area contributed by atoms with Gasteiger partial charge in [-0.2, -0.15) is 0 Å². The van der Waals surface area contributed by atoms with E-state index in [1.165, 1.54) is 4.70 Å². The molecule has 0 bridgehead atoms. The summed E-state index contributed by atoms with van der Waals surface area (Å²) < 4.78 is 15.2. The van der Waals surface area contributed by atoms with Gasteiger partial charge < -0.3 is 30.9 Å². The van der Waals surface area contributed by atoms with Crippen LogP contribution in [0, 0.1) is 0 Å². The molecule has 0 unspecified atom stereocenters. The van der Waals surface area contributed by atoms with Gasteiger partial charge in [-0.3, -0.25) is 9.59 Å². The summed E-state index contributed by atoms with van der Waals surface area (Å²) in [5.74, 6) is 0.441. The molecule has 0 aliphatic carbocycles. The summed E-state index contributed by atoms with van der Waals surface area (Å²) in [7, 11) is 0. The fourth-order valence-corrected chi connectivity index (χ4v) is 7.53. The number of fused-ring (bicyclic) bond motifs is 1. The van der Waals surface area contributed by atoms with Gasteiger partial charge >= 0.3 is 0 Å². The van der Waals surface area contributed by atoms with Crippen molar-refractivity contribution >= 4 is 56.5 Å². The molecule has 2 amide bonds. The number of hydrogen-bond donors (Lipinski definition) is 4. The lowest BCUT2D eigenvalue weighted by molar-refractivity contribution is -0.245. The van der Waals surface area contributed by atoms with Gasteiger partial charge in [0, 0.05) is 37.1 Å². The van der Waals surface area contributed by atoms with Gasteiger partial charge in [-0.25, -0.2) is 4.98 Å². The molecule has 3 atom stereocenters. The Kier molecular flexibility index (Phi) is 11.4. The van der Waals surface area contributed by atoms with Crippen LogP contribution in [0.15, 0.2) is 101 Å².